The Hall–Kier alpha value is -2.40. The topological polar surface area (TPSA) is 49.4 Å². The molecule has 0 bridgehead atoms. The van der Waals surface area contributed by atoms with E-state index in [1.54, 1.807) is 44.4 Å². The minimum atomic E-state index is -0.615. The van der Waals surface area contributed by atoms with E-state index in [0.717, 1.165) is 0 Å². The van der Waals surface area contributed by atoms with Crippen molar-refractivity contribution in [2.45, 2.75) is 19.9 Å². The molecule has 0 spiro atoms. The second-order valence-corrected chi connectivity index (χ2v) is 7.04. The van der Waals surface area contributed by atoms with Gasteiger partial charge in [-0.2, -0.15) is 0 Å². The maximum absolute atomic E-state index is 13.2. The van der Waals surface area contributed by atoms with Crippen molar-refractivity contribution in [3.05, 3.63) is 58.9 Å². The molecule has 0 radical (unpaired) electrons. The van der Waals surface area contributed by atoms with E-state index >= 15 is 0 Å². The van der Waals surface area contributed by atoms with Crippen LogP contribution < -0.4 is 5.32 Å². The van der Waals surface area contributed by atoms with Crippen LogP contribution in [0.25, 0.3) is 11.1 Å². The van der Waals surface area contributed by atoms with E-state index in [9.17, 15) is 14.0 Å². The van der Waals surface area contributed by atoms with Crippen LogP contribution in [0, 0.1) is 11.7 Å². The molecule has 2 amide bonds. The van der Waals surface area contributed by atoms with Gasteiger partial charge in [-0.3, -0.25) is 9.59 Å². The lowest BCUT2D eigenvalue weighted by atomic mass is 10.0. The summed E-state index contributed by atoms with van der Waals surface area (Å²) < 4.78 is 13.2. The van der Waals surface area contributed by atoms with Crippen LogP contribution in [0.15, 0.2) is 42.5 Å². The summed E-state index contributed by atoms with van der Waals surface area (Å²) in [5, 5.41) is 3.06. The molecule has 0 aliphatic heterocycles. The number of hydrogen-bond acceptors (Lipinski definition) is 2. The summed E-state index contributed by atoms with van der Waals surface area (Å²) in [4.78, 5) is 26.4. The average molecular weight is 377 g/mol. The summed E-state index contributed by atoms with van der Waals surface area (Å²) in [5.41, 5.74) is 1.73. The Balaban J connectivity index is 2.28. The molecule has 0 fully saturated rings. The first-order valence-corrected chi connectivity index (χ1v) is 8.66. The quantitative estimate of drug-likeness (QED) is 0.857. The van der Waals surface area contributed by atoms with Crippen molar-refractivity contribution >= 4 is 23.4 Å². The molecule has 1 N–H and O–H groups in total. The Bertz CT molecular complexity index is 821. The summed E-state index contributed by atoms with van der Waals surface area (Å²) in [7, 11) is 3.31. The van der Waals surface area contributed by atoms with Gasteiger partial charge in [0.15, 0.2) is 0 Å². The van der Waals surface area contributed by atoms with E-state index in [1.165, 1.54) is 17.0 Å². The minimum absolute atomic E-state index is 0.0522. The van der Waals surface area contributed by atoms with E-state index in [4.69, 9.17) is 11.6 Å². The fourth-order valence-corrected chi connectivity index (χ4v) is 2.84. The monoisotopic (exact) mass is 376 g/mol. The molecule has 0 aromatic heterocycles. The zero-order chi connectivity index (χ0) is 19.4. The fraction of sp³-hybridized carbons (Fsp3) is 0.300. The van der Waals surface area contributed by atoms with Crippen LogP contribution in [0.5, 0.6) is 0 Å². The van der Waals surface area contributed by atoms with Gasteiger partial charge in [-0.05, 0) is 41.8 Å². The molecule has 0 aliphatic rings. The van der Waals surface area contributed by atoms with Crippen LogP contribution in [0.2, 0.25) is 5.02 Å². The molecule has 0 aliphatic carbocycles. The SMILES string of the molecule is CC(C)[C@@H](NC(=O)c1cccc(-c2ccc(F)cc2Cl)c1)C(=O)N(C)C. The number of halogens is 2. The van der Waals surface area contributed by atoms with E-state index in [0.29, 0.717) is 16.7 Å². The molecule has 6 heteroatoms. The second kappa shape index (κ2) is 8.32. The molecule has 0 saturated carbocycles. The fourth-order valence-electron chi connectivity index (χ4n) is 2.57. The molecular weight excluding hydrogens is 355 g/mol. The van der Waals surface area contributed by atoms with Crippen LogP contribution >= 0.6 is 11.6 Å². The zero-order valence-electron chi connectivity index (χ0n) is 15.2. The van der Waals surface area contributed by atoms with Gasteiger partial charge in [0.25, 0.3) is 5.91 Å². The van der Waals surface area contributed by atoms with Crippen molar-refractivity contribution in [1.82, 2.24) is 10.2 Å². The molecule has 0 unspecified atom stereocenters. The van der Waals surface area contributed by atoms with Gasteiger partial charge < -0.3 is 10.2 Å². The van der Waals surface area contributed by atoms with Crippen LogP contribution in [0.3, 0.4) is 0 Å². The summed E-state index contributed by atoms with van der Waals surface area (Å²) in [6.45, 7) is 3.75. The number of benzene rings is 2. The lowest BCUT2D eigenvalue weighted by Gasteiger charge is -2.24. The number of likely N-dealkylation sites (N-methyl/N-ethyl adjacent to an activating group) is 1. The Kier molecular flexibility index (Phi) is 6.37. The molecule has 2 aromatic rings. The number of amides is 2. The van der Waals surface area contributed by atoms with Gasteiger partial charge in [-0.1, -0.05) is 37.6 Å². The number of carbonyl (C=O) groups excluding carboxylic acids is 2. The first-order valence-electron chi connectivity index (χ1n) is 8.28. The van der Waals surface area contributed by atoms with Crippen molar-refractivity contribution in [1.29, 1.82) is 0 Å². The molecule has 0 heterocycles. The second-order valence-electron chi connectivity index (χ2n) is 6.63. The number of carbonyl (C=O) groups is 2. The highest BCUT2D eigenvalue weighted by Crippen LogP contribution is 2.29. The maximum atomic E-state index is 13.2. The molecule has 4 nitrogen and oxygen atoms in total. The normalized spacial score (nSPS) is 12.0. The Morgan fingerprint density at radius 2 is 1.81 bits per heavy atom. The van der Waals surface area contributed by atoms with E-state index in [-0.39, 0.29) is 22.8 Å². The van der Waals surface area contributed by atoms with Gasteiger partial charge in [0, 0.05) is 25.2 Å². The highest BCUT2D eigenvalue weighted by molar-refractivity contribution is 6.33. The Labute approximate surface area is 158 Å². The minimum Gasteiger partial charge on any atom is -0.347 e. The lowest BCUT2D eigenvalue weighted by Crippen LogP contribution is -2.49. The van der Waals surface area contributed by atoms with Crippen LogP contribution in [0.1, 0.15) is 24.2 Å². The lowest BCUT2D eigenvalue weighted by molar-refractivity contribution is -0.131. The van der Waals surface area contributed by atoms with Gasteiger partial charge in [0.2, 0.25) is 5.91 Å². The van der Waals surface area contributed by atoms with E-state index < -0.39 is 11.9 Å². The zero-order valence-corrected chi connectivity index (χ0v) is 16.0. The first-order chi connectivity index (χ1) is 12.2. The predicted octanol–water partition coefficient (Wildman–Crippen LogP) is 3.99. The third-order valence-corrected chi connectivity index (χ3v) is 4.34. The molecule has 2 aromatic carbocycles. The van der Waals surface area contributed by atoms with Gasteiger partial charge >= 0.3 is 0 Å². The van der Waals surface area contributed by atoms with Gasteiger partial charge in [-0.15, -0.1) is 0 Å². The maximum Gasteiger partial charge on any atom is 0.251 e. The first kappa shape index (κ1) is 19.9. The van der Waals surface area contributed by atoms with Crippen molar-refractivity contribution < 1.29 is 14.0 Å². The third-order valence-electron chi connectivity index (χ3n) is 4.03. The van der Waals surface area contributed by atoms with Crippen molar-refractivity contribution in [2.24, 2.45) is 5.92 Å². The molecule has 0 saturated heterocycles. The standard InChI is InChI=1S/C20H22ClFN2O2/c1-12(2)18(20(26)24(3)4)23-19(25)14-7-5-6-13(10-14)16-9-8-15(22)11-17(16)21/h5-12,18H,1-4H3,(H,23,25)/t18-/m1/s1. The third kappa shape index (κ3) is 4.61. The van der Waals surface area contributed by atoms with Crippen LogP contribution in [0.4, 0.5) is 4.39 Å². The number of nitrogens with zero attached hydrogens (tertiary/aromatic N) is 1. The summed E-state index contributed by atoms with van der Waals surface area (Å²) in [6, 6.07) is 10.4. The highest BCUT2D eigenvalue weighted by Gasteiger charge is 2.26. The number of hydrogen-bond donors (Lipinski definition) is 1. The van der Waals surface area contributed by atoms with Crippen molar-refractivity contribution in [3.63, 3.8) is 0 Å². The highest BCUT2D eigenvalue weighted by atomic mass is 35.5. The smallest absolute Gasteiger partial charge is 0.251 e. The predicted molar refractivity (Wildman–Crippen MR) is 102 cm³/mol. The average Bonchev–Trinajstić information content (AvgIpc) is 2.58. The van der Waals surface area contributed by atoms with Crippen molar-refractivity contribution in [3.8, 4) is 11.1 Å². The van der Waals surface area contributed by atoms with Crippen LogP contribution in [-0.2, 0) is 4.79 Å². The molecular formula is C20H22ClFN2O2. The van der Waals surface area contributed by atoms with Gasteiger partial charge in [0.05, 0.1) is 5.02 Å². The summed E-state index contributed by atoms with van der Waals surface area (Å²) >= 11 is 6.11. The largest absolute Gasteiger partial charge is 0.347 e. The number of nitrogens with one attached hydrogen (secondary N) is 1. The summed E-state index contributed by atoms with van der Waals surface area (Å²) in [6.07, 6.45) is 0. The number of rotatable bonds is 5. The van der Waals surface area contributed by atoms with E-state index in [1.807, 2.05) is 13.8 Å². The Morgan fingerprint density at radius 3 is 2.38 bits per heavy atom. The van der Waals surface area contributed by atoms with E-state index in [2.05, 4.69) is 5.32 Å². The molecule has 26 heavy (non-hydrogen) atoms. The van der Waals surface area contributed by atoms with Gasteiger partial charge in [0.1, 0.15) is 11.9 Å². The summed E-state index contributed by atoms with van der Waals surface area (Å²) in [5.74, 6) is -0.983. The van der Waals surface area contributed by atoms with Gasteiger partial charge in [-0.25, -0.2) is 4.39 Å². The van der Waals surface area contributed by atoms with Crippen LogP contribution in [-0.4, -0.2) is 36.9 Å². The Morgan fingerprint density at radius 1 is 1.12 bits per heavy atom. The molecule has 1 atom stereocenters. The van der Waals surface area contributed by atoms with Crippen molar-refractivity contribution in [2.75, 3.05) is 14.1 Å². The molecule has 138 valence electrons. The molecule has 2 rings (SSSR count).